The van der Waals surface area contributed by atoms with Crippen molar-refractivity contribution in [1.29, 1.82) is 0 Å². The first kappa shape index (κ1) is 21.2. The number of carboxylic acids is 1. The van der Waals surface area contributed by atoms with Crippen LogP contribution in [-0.2, 0) is 19.1 Å². The Balaban J connectivity index is 2.71. The zero-order valence-corrected chi connectivity index (χ0v) is 15.0. The summed E-state index contributed by atoms with van der Waals surface area (Å²) >= 11 is 0. The zero-order valence-electron chi connectivity index (χ0n) is 15.0. The molecule has 0 aromatic heterocycles. The Bertz CT molecular complexity index is 457. The number of carbonyl (C=O) groups is 3. The van der Waals surface area contributed by atoms with E-state index in [1.54, 1.807) is 0 Å². The summed E-state index contributed by atoms with van der Waals surface area (Å²) < 4.78 is 11.1. The molecule has 1 fully saturated rings. The maximum Gasteiger partial charge on any atom is 0.325 e. The monoisotopic (exact) mass is 359 g/mol. The molecule has 1 unspecified atom stereocenters. The highest BCUT2D eigenvalue weighted by Gasteiger charge is 2.26. The number of carbonyl (C=O) groups excluding carboxylic acids is 2. The van der Waals surface area contributed by atoms with Gasteiger partial charge in [-0.3, -0.25) is 9.59 Å². The molecular formula is C16H29N3O6. The molecule has 9 heteroatoms. The van der Waals surface area contributed by atoms with Crippen LogP contribution in [0, 0.1) is 5.92 Å². The minimum Gasteiger partial charge on any atom is -0.480 e. The first-order valence-electron chi connectivity index (χ1n) is 8.57. The Morgan fingerprint density at radius 1 is 1.16 bits per heavy atom. The van der Waals surface area contributed by atoms with Crippen LogP contribution in [0.15, 0.2) is 0 Å². The number of hydrogen-bond acceptors (Lipinski definition) is 5. The van der Waals surface area contributed by atoms with Crippen molar-refractivity contribution < 1.29 is 29.0 Å². The van der Waals surface area contributed by atoms with E-state index in [1.165, 1.54) is 6.92 Å². The van der Waals surface area contributed by atoms with E-state index in [0.29, 0.717) is 19.8 Å². The van der Waals surface area contributed by atoms with Gasteiger partial charge in [-0.25, -0.2) is 4.79 Å². The lowest BCUT2D eigenvalue weighted by molar-refractivity contribution is -0.138. The molecule has 0 saturated carbocycles. The molecule has 1 rings (SSSR count). The van der Waals surface area contributed by atoms with Gasteiger partial charge in [-0.2, -0.15) is 0 Å². The minimum absolute atomic E-state index is 0.0202. The van der Waals surface area contributed by atoms with Gasteiger partial charge in [0.05, 0.1) is 19.3 Å². The second-order valence-electron chi connectivity index (χ2n) is 6.45. The number of nitrogens with one attached hydrogen (secondary N) is 3. The molecule has 0 spiro atoms. The zero-order chi connectivity index (χ0) is 18.8. The number of urea groups is 1. The molecule has 1 aliphatic rings. The molecule has 144 valence electrons. The van der Waals surface area contributed by atoms with E-state index < -0.39 is 24.1 Å². The number of aliphatic carboxylic acids is 1. The van der Waals surface area contributed by atoms with Gasteiger partial charge in [0.2, 0.25) is 5.91 Å². The molecule has 1 aliphatic heterocycles. The maximum atomic E-state index is 12.5. The van der Waals surface area contributed by atoms with Crippen molar-refractivity contribution in [2.45, 2.75) is 51.7 Å². The number of rotatable bonds is 4. The first-order valence-corrected chi connectivity index (χ1v) is 8.57. The average Bonchev–Trinajstić information content (AvgIpc) is 2.52. The van der Waals surface area contributed by atoms with E-state index in [2.05, 4.69) is 16.0 Å². The van der Waals surface area contributed by atoms with Crippen LogP contribution in [0.1, 0.15) is 33.6 Å². The summed E-state index contributed by atoms with van der Waals surface area (Å²) in [6.45, 7) is 6.77. The lowest BCUT2D eigenvalue weighted by atomic mass is 10.0. The van der Waals surface area contributed by atoms with Gasteiger partial charge >= 0.3 is 12.0 Å². The Morgan fingerprint density at radius 2 is 1.76 bits per heavy atom. The van der Waals surface area contributed by atoms with Crippen molar-refractivity contribution in [3.8, 4) is 0 Å². The van der Waals surface area contributed by atoms with E-state index in [9.17, 15) is 14.4 Å². The van der Waals surface area contributed by atoms with Crippen LogP contribution in [0.2, 0.25) is 0 Å². The van der Waals surface area contributed by atoms with Crippen LogP contribution < -0.4 is 16.0 Å². The number of hydrogen-bond donors (Lipinski definition) is 4. The SMILES string of the molecule is CC(NC(=O)N[C@@H]1COCCCCOC[C@H](C(C)C)NC1=O)C(=O)O. The fraction of sp³-hybridized carbons (Fsp3) is 0.812. The molecule has 0 aromatic carbocycles. The molecule has 9 nitrogen and oxygen atoms in total. The fourth-order valence-electron chi connectivity index (χ4n) is 2.15. The molecule has 0 bridgehead atoms. The lowest BCUT2D eigenvalue weighted by Gasteiger charge is -2.26. The first-order chi connectivity index (χ1) is 11.8. The molecule has 0 aliphatic carbocycles. The van der Waals surface area contributed by atoms with Crippen LogP contribution in [0.4, 0.5) is 4.79 Å². The highest BCUT2D eigenvalue weighted by Crippen LogP contribution is 2.05. The van der Waals surface area contributed by atoms with Gasteiger partial charge in [0.1, 0.15) is 12.1 Å². The van der Waals surface area contributed by atoms with Crippen LogP contribution in [0.3, 0.4) is 0 Å². The van der Waals surface area contributed by atoms with E-state index in [1.807, 2.05) is 13.8 Å². The molecule has 1 saturated heterocycles. The summed E-state index contributed by atoms with van der Waals surface area (Å²) in [6.07, 6.45) is 1.65. The van der Waals surface area contributed by atoms with Crippen molar-refractivity contribution in [3.63, 3.8) is 0 Å². The molecule has 4 N–H and O–H groups in total. The van der Waals surface area contributed by atoms with Gasteiger partial charge in [-0.15, -0.1) is 0 Å². The second-order valence-corrected chi connectivity index (χ2v) is 6.45. The average molecular weight is 359 g/mol. The van der Waals surface area contributed by atoms with Gasteiger partial charge < -0.3 is 30.5 Å². The molecule has 25 heavy (non-hydrogen) atoms. The van der Waals surface area contributed by atoms with Gasteiger partial charge in [-0.05, 0) is 25.7 Å². The molecule has 3 amide bonds. The normalized spacial score (nSPS) is 24.4. The van der Waals surface area contributed by atoms with E-state index >= 15 is 0 Å². The van der Waals surface area contributed by atoms with E-state index in [-0.39, 0.29) is 24.5 Å². The van der Waals surface area contributed by atoms with Crippen molar-refractivity contribution in [2.75, 3.05) is 26.4 Å². The predicted molar refractivity (Wildman–Crippen MR) is 90.2 cm³/mol. The smallest absolute Gasteiger partial charge is 0.325 e. The van der Waals surface area contributed by atoms with Crippen LogP contribution in [0.25, 0.3) is 0 Å². The quantitative estimate of drug-likeness (QED) is 0.564. The Labute approximate surface area is 147 Å². The summed E-state index contributed by atoms with van der Waals surface area (Å²) in [4.78, 5) is 35.2. The van der Waals surface area contributed by atoms with Gasteiger partial charge in [0.25, 0.3) is 0 Å². The molecule has 0 radical (unpaired) electrons. The highest BCUT2D eigenvalue weighted by molar-refractivity contribution is 5.88. The minimum atomic E-state index is -1.16. The van der Waals surface area contributed by atoms with Crippen molar-refractivity contribution in [1.82, 2.24) is 16.0 Å². The largest absolute Gasteiger partial charge is 0.480 e. The number of ether oxygens (including phenoxy) is 2. The summed E-state index contributed by atoms with van der Waals surface area (Å²) in [6, 6.07) is -2.89. The van der Waals surface area contributed by atoms with E-state index in [0.717, 1.165) is 12.8 Å². The summed E-state index contributed by atoms with van der Waals surface area (Å²) in [7, 11) is 0. The van der Waals surface area contributed by atoms with Crippen LogP contribution in [0.5, 0.6) is 0 Å². The number of amides is 3. The lowest BCUT2D eigenvalue weighted by Crippen LogP contribution is -2.57. The highest BCUT2D eigenvalue weighted by atomic mass is 16.5. The van der Waals surface area contributed by atoms with Crippen LogP contribution in [-0.4, -0.2) is 67.6 Å². The molecular weight excluding hydrogens is 330 g/mol. The maximum absolute atomic E-state index is 12.5. The third-order valence-electron chi connectivity index (χ3n) is 3.88. The van der Waals surface area contributed by atoms with Crippen LogP contribution >= 0.6 is 0 Å². The van der Waals surface area contributed by atoms with Gasteiger partial charge in [-0.1, -0.05) is 13.8 Å². The summed E-state index contributed by atoms with van der Waals surface area (Å²) in [5.41, 5.74) is 0. The Kier molecular flexibility index (Phi) is 9.22. The predicted octanol–water partition coefficient (Wildman–Crippen LogP) is 0.0951. The summed E-state index contributed by atoms with van der Waals surface area (Å²) in [5.74, 6) is -1.39. The summed E-state index contributed by atoms with van der Waals surface area (Å²) in [5, 5.41) is 16.4. The third kappa shape index (κ3) is 8.17. The fourth-order valence-corrected chi connectivity index (χ4v) is 2.15. The van der Waals surface area contributed by atoms with Crippen molar-refractivity contribution >= 4 is 17.9 Å². The van der Waals surface area contributed by atoms with Crippen molar-refractivity contribution in [2.24, 2.45) is 5.92 Å². The van der Waals surface area contributed by atoms with E-state index in [4.69, 9.17) is 14.6 Å². The van der Waals surface area contributed by atoms with Gasteiger partial charge in [0.15, 0.2) is 0 Å². The molecule has 0 aromatic rings. The molecule has 3 atom stereocenters. The topological polar surface area (TPSA) is 126 Å². The third-order valence-corrected chi connectivity index (χ3v) is 3.88. The second kappa shape index (κ2) is 10.9. The molecule has 1 heterocycles. The Morgan fingerprint density at radius 3 is 2.32 bits per heavy atom. The Hall–Kier alpha value is -1.87. The van der Waals surface area contributed by atoms with Gasteiger partial charge in [0, 0.05) is 13.2 Å². The number of carboxylic acid groups (broad SMARTS) is 1. The standard InChI is InChI=1S/C16H29N3O6/c1-10(2)12-8-24-6-4-5-7-25-9-13(14(20)18-12)19-16(23)17-11(3)15(21)22/h10-13H,4-9H2,1-3H3,(H,18,20)(H,21,22)(H2,17,19,23)/t11?,12-,13-/m1/s1. The van der Waals surface area contributed by atoms with Crippen molar-refractivity contribution in [3.05, 3.63) is 0 Å².